The molecule has 1 amide bonds. The van der Waals surface area contributed by atoms with Gasteiger partial charge in [-0.25, -0.2) is 0 Å². The maximum absolute atomic E-state index is 13.1. The summed E-state index contributed by atoms with van der Waals surface area (Å²) in [6.07, 6.45) is 92.0. The average molecular weight is 1250 g/mol. The van der Waals surface area contributed by atoms with E-state index in [4.69, 9.17) is 9.05 Å². The zero-order chi connectivity index (χ0) is 63.4. The highest BCUT2D eigenvalue weighted by Gasteiger charge is 2.23. The fourth-order valence-electron chi connectivity index (χ4n) is 12.3. The lowest BCUT2D eigenvalue weighted by Crippen LogP contribution is -2.45. The number of allylic oxidation sites excluding steroid dienone is 3. The number of amides is 1. The van der Waals surface area contributed by atoms with Crippen molar-refractivity contribution in [3.8, 4) is 0 Å². The molecule has 3 unspecified atom stereocenters. The van der Waals surface area contributed by atoms with Crippen molar-refractivity contribution in [3.05, 3.63) is 24.3 Å². The van der Waals surface area contributed by atoms with E-state index in [0.717, 1.165) is 38.5 Å². The maximum Gasteiger partial charge on any atom is 0.268 e. The highest BCUT2D eigenvalue weighted by molar-refractivity contribution is 7.45. The molecule has 8 nitrogen and oxygen atoms in total. The van der Waals surface area contributed by atoms with E-state index in [1.165, 1.54) is 360 Å². The minimum atomic E-state index is -4.60. The third-order valence-corrected chi connectivity index (χ3v) is 19.4. The van der Waals surface area contributed by atoms with Crippen molar-refractivity contribution in [2.75, 3.05) is 40.9 Å². The summed E-state index contributed by atoms with van der Waals surface area (Å²) >= 11 is 0. The van der Waals surface area contributed by atoms with Gasteiger partial charge in [-0.1, -0.05) is 391 Å². The van der Waals surface area contributed by atoms with E-state index in [-0.39, 0.29) is 19.1 Å². The smallest absolute Gasteiger partial charge is 0.268 e. The molecule has 0 aromatic rings. The second kappa shape index (κ2) is 69.3. The lowest BCUT2D eigenvalue weighted by molar-refractivity contribution is -0.870. The molecule has 0 saturated heterocycles. The fraction of sp³-hybridized carbons (Fsp3) is 0.936. The summed E-state index contributed by atoms with van der Waals surface area (Å²) in [4.78, 5) is 25.7. The SMILES string of the molecule is CCCCCCCCCC/C=C\CCCCCCCCCCCCCCCCCCCCCCCCCC(=O)NC(COP(=O)([O-])OCC[N+](C)(C)C)C(O)/C=C/CCCCCCCCCCCCCCCCCCCCCCCCCCCCCC. The Labute approximate surface area is 545 Å². The van der Waals surface area contributed by atoms with E-state index in [1.54, 1.807) is 6.08 Å². The molecule has 3 atom stereocenters. The first-order valence-electron chi connectivity index (χ1n) is 39.2. The van der Waals surface area contributed by atoms with Crippen LogP contribution in [0.5, 0.6) is 0 Å². The topological polar surface area (TPSA) is 108 Å². The first kappa shape index (κ1) is 86.0. The Kier molecular flexibility index (Phi) is 68.5. The number of carbonyl (C=O) groups excluding carboxylic acids is 1. The van der Waals surface area contributed by atoms with Gasteiger partial charge in [0, 0.05) is 6.42 Å². The number of nitrogens with one attached hydrogen (secondary N) is 1. The lowest BCUT2D eigenvalue weighted by Gasteiger charge is -2.29. The molecule has 0 aromatic carbocycles. The molecule has 0 spiro atoms. The van der Waals surface area contributed by atoms with Gasteiger partial charge in [0.2, 0.25) is 5.91 Å². The first-order chi connectivity index (χ1) is 42.5. The zero-order valence-corrected chi connectivity index (χ0v) is 60.4. The highest BCUT2D eigenvalue weighted by atomic mass is 31.2. The van der Waals surface area contributed by atoms with Crippen LogP contribution in [0.15, 0.2) is 24.3 Å². The number of hydrogen-bond acceptors (Lipinski definition) is 6. The first-order valence-corrected chi connectivity index (χ1v) is 40.7. The van der Waals surface area contributed by atoms with Gasteiger partial charge in [0.1, 0.15) is 13.2 Å². The van der Waals surface area contributed by atoms with E-state index in [0.29, 0.717) is 17.4 Å². The quantitative estimate of drug-likeness (QED) is 0.0272. The van der Waals surface area contributed by atoms with Crippen molar-refractivity contribution in [2.45, 2.75) is 431 Å². The number of unbranched alkanes of at least 4 members (excludes halogenated alkanes) is 59. The number of phosphoric acid groups is 1. The Balaban J connectivity index is 3.95. The third-order valence-electron chi connectivity index (χ3n) is 18.4. The number of quaternary nitrogens is 1. The molecular formula is C78H155N2O6P. The van der Waals surface area contributed by atoms with Crippen LogP contribution in [0.2, 0.25) is 0 Å². The van der Waals surface area contributed by atoms with Crippen LogP contribution in [-0.2, 0) is 18.4 Å². The number of rotatable bonds is 74. The Morgan fingerprint density at radius 1 is 0.391 bits per heavy atom. The van der Waals surface area contributed by atoms with Crippen molar-refractivity contribution in [1.82, 2.24) is 5.32 Å². The molecule has 2 N–H and O–H groups in total. The summed E-state index contributed by atoms with van der Waals surface area (Å²) < 4.78 is 23.5. The van der Waals surface area contributed by atoms with E-state index >= 15 is 0 Å². The van der Waals surface area contributed by atoms with Crippen LogP contribution >= 0.6 is 7.82 Å². The largest absolute Gasteiger partial charge is 0.756 e. The van der Waals surface area contributed by atoms with E-state index in [9.17, 15) is 19.4 Å². The monoisotopic (exact) mass is 1250 g/mol. The van der Waals surface area contributed by atoms with Gasteiger partial charge in [-0.3, -0.25) is 9.36 Å². The molecule has 0 bridgehead atoms. The van der Waals surface area contributed by atoms with Crippen LogP contribution in [0.4, 0.5) is 0 Å². The van der Waals surface area contributed by atoms with Crippen LogP contribution < -0.4 is 10.2 Å². The van der Waals surface area contributed by atoms with Gasteiger partial charge in [0.15, 0.2) is 0 Å². The predicted octanol–water partition coefficient (Wildman–Crippen LogP) is 24.8. The highest BCUT2D eigenvalue weighted by Crippen LogP contribution is 2.38. The average Bonchev–Trinajstić information content (AvgIpc) is 3.70. The Morgan fingerprint density at radius 2 is 0.632 bits per heavy atom. The molecule has 9 heteroatoms. The second-order valence-corrected chi connectivity index (χ2v) is 29.8. The lowest BCUT2D eigenvalue weighted by atomic mass is 10.0. The standard InChI is InChI=1S/C78H155N2O6P/c1-6-8-10-12-14-16-18-20-22-24-26-28-30-32-34-36-38-39-40-41-42-44-46-48-50-52-54-56-58-60-62-64-66-68-70-72-78(82)79-76(75-86-87(83,84)85-74-73-80(3,4)5)77(81)71-69-67-65-63-61-59-57-55-53-51-49-47-45-43-37-35-33-31-29-27-25-23-21-19-17-15-13-11-9-7-2/h24,26,69,71,76-77,81H,6-23,25,27-68,70,72-75H2,1-5H3,(H-,79,82,83,84)/b26-24-,71-69+. The summed E-state index contributed by atoms with van der Waals surface area (Å²) in [6.45, 7) is 4.72. The molecule has 87 heavy (non-hydrogen) atoms. The molecule has 0 aromatic heterocycles. The number of likely N-dealkylation sites (N-methyl/N-ethyl adjacent to an activating group) is 1. The van der Waals surface area contributed by atoms with Gasteiger partial charge in [-0.2, -0.15) is 0 Å². The number of aliphatic hydroxyl groups is 1. The Bertz CT molecular complexity index is 1470. The summed E-state index contributed by atoms with van der Waals surface area (Å²) in [5, 5.41) is 14.0. The van der Waals surface area contributed by atoms with E-state index < -0.39 is 20.0 Å². The van der Waals surface area contributed by atoms with Crippen molar-refractivity contribution in [1.29, 1.82) is 0 Å². The summed E-state index contributed by atoms with van der Waals surface area (Å²) in [5.74, 6) is -0.187. The van der Waals surface area contributed by atoms with Crippen LogP contribution in [0.25, 0.3) is 0 Å². The van der Waals surface area contributed by atoms with Gasteiger partial charge in [0.05, 0.1) is 39.9 Å². The molecule has 0 saturated carbocycles. The Morgan fingerprint density at radius 3 is 0.897 bits per heavy atom. The number of hydrogen-bond donors (Lipinski definition) is 2. The molecule has 518 valence electrons. The van der Waals surface area contributed by atoms with Gasteiger partial charge in [-0.05, 0) is 44.9 Å². The molecule has 0 aliphatic rings. The molecule has 0 radical (unpaired) electrons. The Hall–Kier alpha value is -1.02. The molecule has 0 rings (SSSR count). The summed E-state index contributed by atoms with van der Waals surface area (Å²) in [6, 6.07) is -0.886. The number of carbonyl (C=O) groups is 1. The summed E-state index contributed by atoms with van der Waals surface area (Å²) in [5.41, 5.74) is 0. The van der Waals surface area contributed by atoms with Crippen LogP contribution in [-0.4, -0.2) is 68.5 Å². The molecule has 0 fully saturated rings. The van der Waals surface area contributed by atoms with Gasteiger partial charge >= 0.3 is 0 Å². The normalized spacial score (nSPS) is 13.6. The van der Waals surface area contributed by atoms with Crippen molar-refractivity contribution in [2.24, 2.45) is 0 Å². The number of phosphoric ester groups is 1. The third kappa shape index (κ3) is 72.3. The van der Waals surface area contributed by atoms with Gasteiger partial charge < -0.3 is 28.8 Å². The number of nitrogens with zero attached hydrogens (tertiary/aromatic N) is 1. The minimum absolute atomic E-state index is 0.00231. The minimum Gasteiger partial charge on any atom is -0.756 e. The molecule has 0 aliphatic carbocycles. The van der Waals surface area contributed by atoms with Gasteiger partial charge in [0.25, 0.3) is 7.82 Å². The fourth-order valence-corrected chi connectivity index (χ4v) is 13.1. The van der Waals surface area contributed by atoms with Crippen LogP contribution in [0, 0.1) is 0 Å². The predicted molar refractivity (Wildman–Crippen MR) is 381 cm³/mol. The van der Waals surface area contributed by atoms with E-state index in [1.807, 2.05) is 27.2 Å². The van der Waals surface area contributed by atoms with E-state index in [2.05, 4.69) is 31.3 Å². The zero-order valence-electron chi connectivity index (χ0n) is 59.5. The van der Waals surface area contributed by atoms with Crippen molar-refractivity contribution >= 4 is 13.7 Å². The van der Waals surface area contributed by atoms with Crippen LogP contribution in [0.3, 0.4) is 0 Å². The molecular weight excluding hydrogens is 1090 g/mol. The second-order valence-electron chi connectivity index (χ2n) is 28.4. The van der Waals surface area contributed by atoms with Crippen LogP contribution in [0.1, 0.15) is 418 Å². The number of aliphatic hydroxyl groups excluding tert-OH is 1. The molecule has 0 heterocycles. The summed E-state index contributed by atoms with van der Waals surface area (Å²) in [7, 11) is 1.29. The van der Waals surface area contributed by atoms with Gasteiger partial charge in [-0.15, -0.1) is 0 Å². The maximum atomic E-state index is 13.1. The molecule has 0 aliphatic heterocycles. The van der Waals surface area contributed by atoms with Crippen molar-refractivity contribution < 1.29 is 32.9 Å². The van der Waals surface area contributed by atoms with Crippen molar-refractivity contribution in [3.63, 3.8) is 0 Å².